The van der Waals surface area contributed by atoms with Crippen molar-refractivity contribution in [1.29, 1.82) is 0 Å². The molecule has 0 saturated heterocycles. The first kappa shape index (κ1) is 21.8. The second kappa shape index (κ2) is 9.38. The van der Waals surface area contributed by atoms with E-state index in [9.17, 15) is 9.59 Å². The molecule has 0 N–H and O–H groups in total. The van der Waals surface area contributed by atoms with Crippen molar-refractivity contribution in [3.63, 3.8) is 0 Å². The van der Waals surface area contributed by atoms with E-state index in [4.69, 9.17) is 23.2 Å². The maximum atomic E-state index is 13.4. The van der Waals surface area contributed by atoms with Crippen LogP contribution in [0.25, 0.3) is 5.69 Å². The molecule has 0 atom stereocenters. The Balaban J connectivity index is 1.70. The van der Waals surface area contributed by atoms with E-state index in [1.807, 2.05) is 61.5 Å². The molecule has 3 aromatic carbocycles. The molecular formula is C23H19Cl2N5O2. The molecule has 1 aromatic heterocycles. The number of carbonyl (C=O) groups is 1. The number of anilines is 1. The van der Waals surface area contributed by atoms with Crippen molar-refractivity contribution < 1.29 is 4.79 Å². The molecule has 162 valence electrons. The van der Waals surface area contributed by atoms with Crippen molar-refractivity contribution in [3.05, 3.63) is 104 Å². The van der Waals surface area contributed by atoms with Gasteiger partial charge in [0.15, 0.2) is 0 Å². The highest BCUT2D eigenvalue weighted by Gasteiger charge is 2.24. The van der Waals surface area contributed by atoms with Gasteiger partial charge in [-0.25, -0.2) is 9.59 Å². The molecule has 32 heavy (non-hydrogen) atoms. The number of aryl methyl sites for hydroxylation is 1. The maximum Gasteiger partial charge on any atom is 0.377 e. The van der Waals surface area contributed by atoms with Crippen molar-refractivity contribution in [2.75, 3.05) is 11.4 Å². The van der Waals surface area contributed by atoms with Gasteiger partial charge in [-0.1, -0.05) is 77.3 Å². The summed E-state index contributed by atoms with van der Waals surface area (Å²) in [5, 5.41) is 8.08. The van der Waals surface area contributed by atoms with Gasteiger partial charge in [-0.05, 0) is 53.6 Å². The van der Waals surface area contributed by atoms with E-state index in [0.29, 0.717) is 23.3 Å². The number of amides is 1. The highest BCUT2D eigenvalue weighted by molar-refractivity contribution is 6.37. The number of hydrogen-bond acceptors (Lipinski definition) is 4. The quantitative estimate of drug-likeness (QED) is 0.396. The Labute approximate surface area is 194 Å². The molecule has 4 aromatic rings. The van der Waals surface area contributed by atoms with Gasteiger partial charge in [-0.15, -0.1) is 4.68 Å². The van der Waals surface area contributed by atoms with Crippen LogP contribution in [0.4, 0.5) is 10.5 Å². The topological polar surface area (TPSA) is 73.0 Å². The number of aromatic nitrogens is 4. The Bertz CT molecular complexity index is 1280. The highest BCUT2D eigenvalue weighted by Crippen LogP contribution is 2.26. The molecule has 1 heterocycles. The normalized spacial score (nSPS) is 10.8. The first-order chi connectivity index (χ1) is 15.5. The summed E-state index contributed by atoms with van der Waals surface area (Å²) in [6.07, 6.45) is 0.597. The number of nitrogens with zero attached hydrogens (tertiary/aromatic N) is 5. The number of benzene rings is 3. The molecule has 0 aliphatic heterocycles. The number of halogens is 2. The second-order valence-corrected chi connectivity index (χ2v) is 7.98. The Morgan fingerprint density at radius 1 is 0.906 bits per heavy atom. The smallest absolute Gasteiger partial charge is 0.292 e. The van der Waals surface area contributed by atoms with Crippen LogP contribution in [-0.2, 0) is 6.42 Å². The molecule has 0 bridgehead atoms. The minimum Gasteiger partial charge on any atom is -0.292 e. The molecule has 0 fully saturated rings. The fourth-order valence-electron chi connectivity index (χ4n) is 3.26. The Hall–Kier alpha value is -3.42. The zero-order valence-corrected chi connectivity index (χ0v) is 18.7. The summed E-state index contributed by atoms with van der Waals surface area (Å²) in [4.78, 5) is 27.9. The highest BCUT2D eigenvalue weighted by atomic mass is 35.5. The number of para-hydroxylation sites is 1. The lowest BCUT2D eigenvalue weighted by Gasteiger charge is -2.22. The molecule has 9 heteroatoms. The Kier molecular flexibility index (Phi) is 6.39. The minimum absolute atomic E-state index is 0.172. The summed E-state index contributed by atoms with van der Waals surface area (Å²) < 4.78 is 1.64. The SMILES string of the molecule is Cc1ccc(N(CCc2ccccc2)C(=O)n2nnn(-c3c(Cl)cccc3Cl)c2=O)cc1. The lowest BCUT2D eigenvalue weighted by atomic mass is 10.1. The molecule has 1 amide bonds. The van der Waals surface area contributed by atoms with E-state index in [1.54, 1.807) is 18.2 Å². The lowest BCUT2D eigenvalue weighted by Crippen LogP contribution is -2.42. The number of hydrogen-bond donors (Lipinski definition) is 0. The molecule has 0 unspecified atom stereocenters. The predicted molar refractivity (Wildman–Crippen MR) is 125 cm³/mol. The summed E-state index contributed by atoms with van der Waals surface area (Å²) in [7, 11) is 0. The van der Waals surface area contributed by atoms with Gasteiger partial charge in [-0.3, -0.25) is 4.90 Å². The largest absolute Gasteiger partial charge is 0.377 e. The average molecular weight is 468 g/mol. The van der Waals surface area contributed by atoms with Gasteiger partial charge >= 0.3 is 11.7 Å². The lowest BCUT2D eigenvalue weighted by molar-refractivity contribution is 0.243. The van der Waals surface area contributed by atoms with Crippen LogP contribution in [0.3, 0.4) is 0 Å². The van der Waals surface area contributed by atoms with Crippen LogP contribution in [0.15, 0.2) is 77.6 Å². The zero-order valence-electron chi connectivity index (χ0n) is 17.2. The Morgan fingerprint density at radius 3 is 2.22 bits per heavy atom. The fourth-order valence-corrected chi connectivity index (χ4v) is 3.82. The van der Waals surface area contributed by atoms with E-state index < -0.39 is 11.7 Å². The van der Waals surface area contributed by atoms with Crippen LogP contribution in [0.2, 0.25) is 10.0 Å². The van der Waals surface area contributed by atoms with Gasteiger partial charge in [0.1, 0.15) is 5.69 Å². The molecule has 7 nitrogen and oxygen atoms in total. The molecule has 0 aliphatic rings. The average Bonchev–Trinajstić information content (AvgIpc) is 3.16. The van der Waals surface area contributed by atoms with E-state index in [1.165, 1.54) is 4.90 Å². The van der Waals surface area contributed by atoms with Gasteiger partial charge in [0.25, 0.3) is 0 Å². The van der Waals surface area contributed by atoms with Crippen molar-refractivity contribution in [1.82, 2.24) is 19.8 Å². The van der Waals surface area contributed by atoms with Crippen LogP contribution in [0.5, 0.6) is 0 Å². The molecular weight excluding hydrogens is 449 g/mol. The van der Waals surface area contributed by atoms with Crippen molar-refractivity contribution >= 4 is 34.9 Å². The first-order valence-corrected chi connectivity index (χ1v) is 10.6. The van der Waals surface area contributed by atoms with Crippen molar-refractivity contribution in [2.45, 2.75) is 13.3 Å². The third-order valence-corrected chi connectivity index (χ3v) is 5.57. The Morgan fingerprint density at radius 2 is 1.56 bits per heavy atom. The second-order valence-electron chi connectivity index (χ2n) is 7.16. The standard InChI is InChI=1S/C23H19Cl2N5O2/c1-16-10-12-18(13-11-16)28(15-14-17-6-3-2-4-7-17)22(31)30-23(32)29(26-27-30)21-19(24)8-5-9-20(21)25/h2-13H,14-15H2,1H3. The molecule has 0 saturated carbocycles. The number of tetrazole rings is 1. The summed E-state index contributed by atoms with van der Waals surface area (Å²) in [5.41, 5.74) is 2.18. The van der Waals surface area contributed by atoms with E-state index in [2.05, 4.69) is 10.4 Å². The van der Waals surface area contributed by atoms with Crippen LogP contribution in [0, 0.1) is 6.92 Å². The van der Waals surface area contributed by atoms with E-state index >= 15 is 0 Å². The number of rotatable bonds is 5. The first-order valence-electron chi connectivity index (χ1n) is 9.87. The van der Waals surface area contributed by atoms with Gasteiger partial charge in [-0.2, -0.15) is 4.68 Å². The molecule has 0 spiro atoms. The van der Waals surface area contributed by atoms with Gasteiger partial charge in [0.05, 0.1) is 10.0 Å². The van der Waals surface area contributed by atoms with Gasteiger partial charge in [0, 0.05) is 12.2 Å². The predicted octanol–water partition coefficient (Wildman–Crippen LogP) is 4.76. The summed E-state index contributed by atoms with van der Waals surface area (Å²) >= 11 is 12.4. The summed E-state index contributed by atoms with van der Waals surface area (Å²) in [6.45, 7) is 2.31. The number of carbonyl (C=O) groups excluding carboxylic acids is 1. The summed E-state index contributed by atoms with van der Waals surface area (Å²) in [6, 6.07) is 21.4. The third-order valence-electron chi connectivity index (χ3n) is 4.96. The van der Waals surface area contributed by atoms with Gasteiger partial charge in [0.2, 0.25) is 0 Å². The van der Waals surface area contributed by atoms with Crippen LogP contribution in [0.1, 0.15) is 11.1 Å². The van der Waals surface area contributed by atoms with Gasteiger partial charge < -0.3 is 0 Å². The third kappa shape index (κ3) is 4.44. The van der Waals surface area contributed by atoms with E-state index in [-0.39, 0.29) is 15.7 Å². The monoisotopic (exact) mass is 467 g/mol. The molecule has 0 aliphatic carbocycles. The van der Waals surface area contributed by atoms with Crippen LogP contribution in [-0.4, -0.2) is 32.4 Å². The van der Waals surface area contributed by atoms with Crippen molar-refractivity contribution in [2.24, 2.45) is 0 Å². The minimum atomic E-state index is -0.762. The fraction of sp³-hybridized carbons (Fsp3) is 0.130. The summed E-state index contributed by atoms with van der Waals surface area (Å²) in [5.74, 6) is 0. The maximum absolute atomic E-state index is 13.4. The van der Waals surface area contributed by atoms with Crippen molar-refractivity contribution in [3.8, 4) is 5.69 Å². The van der Waals surface area contributed by atoms with Crippen LogP contribution < -0.4 is 10.6 Å². The molecule has 0 radical (unpaired) electrons. The van der Waals surface area contributed by atoms with Crippen LogP contribution >= 0.6 is 23.2 Å². The zero-order chi connectivity index (χ0) is 22.7. The molecule has 4 rings (SSSR count). The van der Waals surface area contributed by atoms with E-state index in [0.717, 1.165) is 15.8 Å².